The number of aryl methyl sites for hydroxylation is 1. The zero-order valence-electron chi connectivity index (χ0n) is 11.9. The molecule has 0 aliphatic rings. The first-order valence-corrected chi connectivity index (χ1v) is 7.12. The van der Waals surface area contributed by atoms with Crippen molar-refractivity contribution in [2.24, 2.45) is 5.10 Å². The molecule has 0 radical (unpaired) electrons. The molecule has 0 amide bonds. The Balaban J connectivity index is 2.04. The smallest absolute Gasteiger partial charge is 0.186 e. The predicted octanol–water partition coefficient (Wildman–Crippen LogP) is 3.06. The summed E-state index contributed by atoms with van der Waals surface area (Å²) in [5.41, 5.74) is 7.29. The largest absolute Gasteiger partial charge is 0.364 e. The number of fused-ring (bicyclic) bond motifs is 3. The first kappa shape index (κ1) is 13.6. The van der Waals surface area contributed by atoms with Gasteiger partial charge in [0.1, 0.15) is 0 Å². The van der Waals surface area contributed by atoms with E-state index >= 15 is 0 Å². The van der Waals surface area contributed by atoms with Crippen molar-refractivity contribution in [1.82, 2.24) is 15.7 Å². The Labute approximate surface area is 128 Å². The lowest BCUT2D eigenvalue weighted by molar-refractivity contribution is 0.982. The van der Waals surface area contributed by atoms with Gasteiger partial charge in [-0.2, -0.15) is 5.10 Å². The fourth-order valence-electron chi connectivity index (χ4n) is 2.43. The number of aromatic nitrogens is 1. The van der Waals surface area contributed by atoms with Crippen LogP contribution in [0.2, 0.25) is 0 Å². The van der Waals surface area contributed by atoms with Crippen LogP contribution < -0.4 is 10.7 Å². The third-order valence-electron chi connectivity index (χ3n) is 3.58. The van der Waals surface area contributed by atoms with Crippen LogP contribution in [0, 0.1) is 6.92 Å². The molecule has 0 fully saturated rings. The Morgan fingerprint density at radius 3 is 2.81 bits per heavy atom. The van der Waals surface area contributed by atoms with E-state index in [9.17, 15) is 0 Å². The van der Waals surface area contributed by atoms with Crippen LogP contribution in [0.4, 0.5) is 0 Å². The summed E-state index contributed by atoms with van der Waals surface area (Å²) in [7, 11) is 1.76. The second kappa shape index (κ2) is 5.54. The van der Waals surface area contributed by atoms with Crippen LogP contribution in [-0.4, -0.2) is 23.4 Å². The summed E-state index contributed by atoms with van der Waals surface area (Å²) in [4.78, 5) is 3.48. The van der Waals surface area contributed by atoms with E-state index in [0.717, 1.165) is 16.6 Å². The molecule has 0 bridgehead atoms. The van der Waals surface area contributed by atoms with Crippen LogP contribution in [0.3, 0.4) is 0 Å². The quantitative estimate of drug-likeness (QED) is 0.387. The van der Waals surface area contributed by atoms with Gasteiger partial charge in [-0.05, 0) is 36.3 Å². The van der Waals surface area contributed by atoms with Gasteiger partial charge in [-0.1, -0.05) is 30.3 Å². The third-order valence-corrected chi connectivity index (χ3v) is 3.88. The van der Waals surface area contributed by atoms with E-state index in [0.29, 0.717) is 5.11 Å². The number of rotatable bonds is 2. The van der Waals surface area contributed by atoms with Gasteiger partial charge < -0.3 is 10.3 Å². The van der Waals surface area contributed by atoms with Gasteiger partial charge >= 0.3 is 0 Å². The second-order valence-electron chi connectivity index (χ2n) is 4.82. The Kier molecular flexibility index (Phi) is 3.58. The minimum Gasteiger partial charge on any atom is -0.364 e. The third kappa shape index (κ3) is 2.48. The average molecular weight is 296 g/mol. The standard InChI is InChI=1S/C16H16N4S/c1-10-11(9-18-20-16(21)17-2)7-8-13-12-5-3-4-6-14(12)19-15(10)13/h3-9,19H,1-2H3,(H2,17,20,21)/b18-9+. The molecule has 5 heteroatoms. The summed E-state index contributed by atoms with van der Waals surface area (Å²) in [6.45, 7) is 2.09. The number of nitrogens with one attached hydrogen (secondary N) is 3. The van der Waals surface area contributed by atoms with E-state index in [2.05, 4.69) is 58.1 Å². The zero-order valence-corrected chi connectivity index (χ0v) is 12.7. The normalized spacial score (nSPS) is 11.3. The summed E-state index contributed by atoms with van der Waals surface area (Å²) in [5, 5.41) is 9.93. The van der Waals surface area contributed by atoms with Gasteiger partial charge in [0.05, 0.1) is 11.7 Å². The van der Waals surface area contributed by atoms with Gasteiger partial charge in [0.25, 0.3) is 0 Å². The van der Waals surface area contributed by atoms with Gasteiger partial charge in [-0.3, -0.25) is 5.43 Å². The molecule has 1 aromatic heterocycles. The molecule has 3 aromatic rings. The van der Waals surface area contributed by atoms with Crippen molar-refractivity contribution in [3.63, 3.8) is 0 Å². The van der Waals surface area contributed by atoms with Gasteiger partial charge in [-0.25, -0.2) is 0 Å². The van der Waals surface area contributed by atoms with E-state index in [-0.39, 0.29) is 0 Å². The van der Waals surface area contributed by atoms with E-state index in [4.69, 9.17) is 12.2 Å². The topological polar surface area (TPSA) is 52.2 Å². The maximum Gasteiger partial charge on any atom is 0.186 e. The fraction of sp³-hybridized carbons (Fsp3) is 0.125. The zero-order chi connectivity index (χ0) is 14.8. The highest BCUT2D eigenvalue weighted by Gasteiger charge is 2.07. The number of hydrazone groups is 1. The van der Waals surface area contributed by atoms with Crippen LogP contribution in [0.15, 0.2) is 41.5 Å². The summed E-state index contributed by atoms with van der Waals surface area (Å²) in [6, 6.07) is 12.5. The molecular formula is C16H16N4S. The summed E-state index contributed by atoms with van der Waals surface area (Å²) in [6.07, 6.45) is 1.78. The van der Waals surface area contributed by atoms with E-state index in [1.54, 1.807) is 13.3 Å². The van der Waals surface area contributed by atoms with Crippen molar-refractivity contribution in [3.8, 4) is 0 Å². The van der Waals surface area contributed by atoms with Crippen molar-refractivity contribution in [3.05, 3.63) is 47.5 Å². The van der Waals surface area contributed by atoms with Crippen molar-refractivity contribution < 1.29 is 0 Å². The Morgan fingerprint density at radius 2 is 2.00 bits per heavy atom. The summed E-state index contributed by atoms with van der Waals surface area (Å²) in [5.74, 6) is 0. The Morgan fingerprint density at radius 1 is 1.19 bits per heavy atom. The highest BCUT2D eigenvalue weighted by Crippen LogP contribution is 2.28. The van der Waals surface area contributed by atoms with Gasteiger partial charge in [0.2, 0.25) is 0 Å². The maximum atomic E-state index is 4.98. The van der Waals surface area contributed by atoms with Crippen molar-refractivity contribution in [2.45, 2.75) is 6.92 Å². The van der Waals surface area contributed by atoms with Crippen molar-refractivity contribution in [2.75, 3.05) is 7.05 Å². The van der Waals surface area contributed by atoms with E-state index < -0.39 is 0 Å². The first-order valence-electron chi connectivity index (χ1n) is 6.71. The minimum atomic E-state index is 0.496. The fourth-order valence-corrected chi connectivity index (χ4v) is 2.48. The molecule has 2 aromatic carbocycles. The molecule has 0 unspecified atom stereocenters. The van der Waals surface area contributed by atoms with E-state index in [1.807, 2.05) is 6.07 Å². The van der Waals surface area contributed by atoms with Gasteiger partial charge in [0.15, 0.2) is 5.11 Å². The molecular weight excluding hydrogens is 280 g/mol. The van der Waals surface area contributed by atoms with Crippen molar-refractivity contribution >= 4 is 45.4 Å². The monoisotopic (exact) mass is 296 g/mol. The number of benzene rings is 2. The summed E-state index contributed by atoms with van der Waals surface area (Å²) < 4.78 is 0. The highest BCUT2D eigenvalue weighted by molar-refractivity contribution is 7.80. The average Bonchev–Trinajstić information content (AvgIpc) is 2.89. The summed E-state index contributed by atoms with van der Waals surface area (Å²) >= 11 is 4.98. The number of para-hydroxylation sites is 1. The predicted molar refractivity (Wildman–Crippen MR) is 92.9 cm³/mol. The Bertz CT molecular complexity index is 848. The van der Waals surface area contributed by atoms with Crippen LogP contribution in [0.5, 0.6) is 0 Å². The molecule has 0 atom stereocenters. The van der Waals surface area contributed by atoms with Gasteiger partial charge in [0, 0.05) is 23.3 Å². The minimum absolute atomic E-state index is 0.496. The molecule has 3 N–H and O–H groups in total. The molecule has 3 rings (SSSR count). The Hall–Kier alpha value is -2.40. The maximum absolute atomic E-state index is 4.98. The van der Waals surface area contributed by atoms with Crippen LogP contribution >= 0.6 is 12.2 Å². The molecule has 0 aliphatic heterocycles. The van der Waals surface area contributed by atoms with Crippen LogP contribution in [0.1, 0.15) is 11.1 Å². The van der Waals surface area contributed by atoms with E-state index in [1.165, 1.54) is 16.3 Å². The number of aromatic amines is 1. The molecule has 21 heavy (non-hydrogen) atoms. The lowest BCUT2D eigenvalue weighted by atomic mass is 10.0. The van der Waals surface area contributed by atoms with Gasteiger partial charge in [-0.15, -0.1) is 0 Å². The van der Waals surface area contributed by atoms with Crippen molar-refractivity contribution in [1.29, 1.82) is 0 Å². The molecule has 4 nitrogen and oxygen atoms in total. The SMILES string of the molecule is CNC(=S)N/N=C/c1ccc2c([nH]c3ccccc32)c1C. The molecule has 0 aliphatic carbocycles. The number of nitrogens with zero attached hydrogens (tertiary/aromatic N) is 1. The number of H-pyrrole nitrogens is 1. The lowest BCUT2D eigenvalue weighted by Crippen LogP contribution is -2.28. The number of hydrogen-bond acceptors (Lipinski definition) is 2. The first-order chi connectivity index (χ1) is 10.2. The molecule has 0 saturated carbocycles. The number of thiocarbonyl (C=S) groups is 1. The molecule has 1 heterocycles. The van der Waals surface area contributed by atoms with Crippen LogP contribution in [0.25, 0.3) is 21.8 Å². The second-order valence-corrected chi connectivity index (χ2v) is 5.23. The highest BCUT2D eigenvalue weighted by atomic mass is 32.1. The van der Waals surface area contributed by atoms with Crippen LogP contribution in [-0.2, 0) is 0 Å². The molecule has 0 spiro atoms. The molecule has 0 saturated heterocycles. The number of hydrogen-bond donors (Lipinski definition) is 3. The lowest BCUT2D eigenvalue weighted by Gasteiger charge is -2.03. The molecule has 106 valence electrons.